The number of hydrogen-bond donors (Lipinski definition) is 1. The SMILES string of the molecule is COC(=O)Nc1ccc(S(=O)(=O)C(C)C)cc1. The van der Waals surface area contributed by atoms with E-state index in [2.05, 4.69) is 10.1 Å². The summed E-state index contributed by atoms with van der Waals surface area (Å²) < 4.78 is 28.0. The first-order chi connectivity index (χ1) is 7.87. The molecule has 0 bridgehead atoms. The van der Waals surface area contributed by atoms with Crippen LogP contribution in [-0.4, -0.2) is 26.9 Å². The van der Waals surface area contributed by atoms with Crippen molar-refractivity contribution in [3.05, 3.63) is 24.3 Å². The molecule has 1 aromatic rings. The summed E-state index contributed by atoms with van der Waals surface area (Å²) in [6.07, 6.45) is -0.593. The van der Waals surface area contributed by atoms with Crippen LogP contribution in [-0.2, 0) is 14.6 Å². The van der Waals surface area contributed by atoms with Crippen molar-refractivity contribution < 1.29 is 17.9 Å². The summed E-state index contributed by atoms with van der Waals surface area (Å²) >= 11 is 0. The third-order valence-electron chi connectivity index (χ3n) is 2.24. The van der Waals surface area contributed by atoms with Crippen molar-refractivity contribution in [2.45, 2.75) is 24.0 Å². The Morgan fingerprint density at radius 1 is 1.24 bits per heavy atom. The predicted octanol–water partition coefficient (Wildman–Crippen LogP) is 2.05. The number of amides is 1. The van der Waals surface area contributed by atoms with Gasteiger partial charge in [-0.25, -0.2) is 13.2 Å². The molecule has 0 spiro atoms. The molecule has 0 radical (unpaired) electrons. The van der Waals surface area contributed by atoms with E-state index in [1.807, 2.05) is 0 Å². The molecule has 1 amide bonds. The molecule has 0 aromatic heterocycles. The number of nitrogens with one attached hydrogen (secondary N) is 1. The molecule has 0 heterocycles. The van der Waals surface area contributed by atoms with E-state index in [1.165, 1.54) is 31.4 Å². The van der Waals surface area contributed by atoms with E-state index in [9.17, 15) is 13.2 Å². The van der Waals surface area contributed by atoms with E-state index in [0.717, 1.165) is 0 Å². The molecule has 17 heavy (non-hydrogen) atoms. The van der Waals surface area contributed by atoms with E-state index in [1.54, 1.807) is 13.8 Å². The second kappa shape index (κ2) is 5.18. The number of hydrogen-bond acceptors (Lipinski definition) is 4. The first-order valence-corrected chi connectivity index (χ1v) is 6.61. The van der Waals surface area contributed by atoms with Crippen LogP contribution in [0.2, 0.25) is 0 Å². The minimum atomic E-state index is -3.27. The molecule has 1 rings (SSSR count). The average Bonchev–Trinajstić information content (AvgIpc) is 2.29. The highest BCUT2D eigenvalue weighted by atomic mass is 32.2. The van der Waals surface area contributed by atoms with Gasteiger partial charge in [0.25, 0.3) is 0 Å². The highest BCUT2D eigenvalue weighted by Crippen LogP contribution is 2.18. The number of carbonyl (C=O) groups is 1. The lowest BCUT2D eigenvalue weighted by atomic mass is 10.3. The van der Waals surface area contributed by atoms with Crippen molar-refractivity contribution in [3.8, 4) is 0 Å². The van der Waals surface area contributed by atoms with Crippen LogP contribution in [0.3, 0.4) is 0 Å². The van der Waals surface area contributed by atoms with E-state index in [-0.39, 0.29) is 4.90 Å². The summed E-state index contributed by atoms with van der Waals surface area (Å²) in [7, 11) is -2.01. The summed E-state index contributed by atoms with van der Waals surface area (Å²) in [5.74, 6) is 0. The van der Waals surface area contributed by atoms with Gasteiger partial charge >= 0.3 is 6.09 Å². The topological polar surface area (TPSA) is 72.5 Å². The number of anilines is 1. The molecule has 0 aliphatic carbocycles. The highest BCUT2D eigenvalue weighted by molar-refractivity contribution is 7.92. The lowest BCUT2D eigenvalue weighted by molar-refractivity contribution is 0.187. The third-order valence-corrected chi connectivity index (χ3v) is 4.41. The largest absolute Gasteiger partial charge is 0.453 e. The number of rotatable bonds is 3. The normalized spacial score (nSPS) is 11.3. The number of carbonyl (C=O) groups excluding carboxylic acids is 1. The fraction of sp³-hybridized carbons (Fsp3) is 0.364. The van der Waals surface area contributed by atoms with Crippen molar-refractivity contribution in [2.24, 2.45) is 0 Å². The number of methoxy groups -OCH3 is 1. The Hall–Kier alpha value is -1.56. The summed E-state index contributed by atoms with van der Waals surface area (Å²) in [6.45, 7) is 3.24. The fourth-order valence-electron chi connectivity index (χ4n) is 1.17. The van der Waals surface area contributed by atoms with Gasteiger partial charge in [0.05, 0.1) is 17.3 Å². The molecule has 94 valence electrons. The Morgan fingerprint density at radius 2 is 1.76 bits per heavy atom. The van der Waals surface area contributed by atoms with Gasteiger partial charge in [-0.05, 0) is 38.1 Å². The monoisotopic (exact) mass is 257 g/mol. The van der Waals surface area contributed by atoms with Crippen LogP contribution in [0.1, 0.15) is 13.8 Å². The van der Waals surface area contributed by atoms with E-state index < -0.39 is 21.2 Å². The maximum absolute atomic E-state index is 11.8. The summed E-state index contributed by atoms with van der Waals surface area (Å²) in [4.78, 5) is 11.2. The molecule has 6 heteroatoms. The lowest BCUT2D eigenvalue weighted by Gasteiger charge is -2.08. The maximum atomic E-state index is 11.8. The summed E-state index contributed by atoms with van der Waals surface area (Å²) in [5, 5.41) is 1.97. The van der Waals surface area contributed by atoms with Crippen LogP contribution in [0.25, 0.3) is 0 Å². The summed E-state index contributed by atoms with van der Waals surface area (Å²) in [5.41, 5.74) is 0.486. The van der Waals surface area contributed by atoms with Crippen molar-refractivity contribution in [2.75, 3.05) is 12.4 Å². The van der Waals surface area contributed by atoms with Crippen LogP contribution in [0, 0.1) is 0 Å². The zero-order valence-corrected chi connectivity index (χ0v) is 10.7. The first kappa shape index (κ1) is 13.5. The van der Waals surface area contributed by atoms with Gasteiger partial charge < -0.3 is 4.74 Å². The van der Waals surface area contributed by atoms with Crippen LogP contribution < -0.4 is 5.32 Å². The van der Waals surface area contributed by atoms with Crippen LogP contribution >= 0.6 is 0 Å². The van der Waals surface area contributed by atoms with Crippen molar-refractivity contribution in [1.29, 1.82) is 0 Å². The Balaban J connectivity index is 2.93. The summed E-state index contributed by atoms with van der Waals surface area (Å²) in [6, 6.07) is 5.96. The predicted molar refractivity (Wildman–Crippen MR) is 64.8 cm³/mol. The molecule has 0 unspecified atom stereocenters. The van der Waals surface area contributed by atoms with E-state index in [4.69, 9.17) is 0 Å². The quantitative estimate of drug-likeness (QED) is 0.899. The molecule has 5 nitrogen and oxygen atoms in total. The van der Waals surface area contributed by atoms with Gasteiger partial charge in [0.1, 0.15) is 0 Å². The minimum absolute atomic E-state index is 0.239. The fourth-order valence-corrected chi connectivity index (χ4v) is 2.23. The maximum Gasteiger partial charge on any atom is 0.411 e. The molecule has 0 fully saturated rings. The lowest BCUT2D eigenvalue weighted by Crippen LogP contribution is -2.14. The molecular formula is C11H15NO4S. The molecule has 0 aliphatic rings. The third kappa shape index (κ3) is 3.20. The zero-order chi connectivity index (χ0) is 13.1. The Bertz CT molecular complexity index is 491. The molecule has 0 saturated carbocycles. The Labute approximate surface area is 101 Å². The number of benzene rings is 1. The van der Waals surface area contributed by atoms with Gasteiger partial charge in [-0.3, -0.25) is 5.32 Å². The van der Waals surface area contributed by atoms with Crippen molar-refractivity contribution >= 4 is 21.6 Å². The molecule has 1 N–H and O–H groups in total. The second-order valence-electron chi connectivity index (χ2n) is 3.73. The van der Waals surface area contributed by atoms with Crippen molar-refractivity contribution in [1.82, 2.24) is 0 Å². The number of sulfone groups is 1. The number of ether oxygens (including phenoxy) is 1. The van der Waals surface area contributed by atoms with Crippen molar-refractivity contribution in [3.63, 3.8) is 0 Å². The second-order valence-corrected chi connectivity index (χ2v) is 6.24. The van der Waals surface area contributed by atoms with Gasteiger partial charge in [-0.15, -0.1) is 0 Å². The van der Waals surface area contributed by atoms with Gasteiger partial charge in [-0.2, -0.15) is 0 Å². The molecule has 1 aromatic carbocycles. The molecule has 0 aliphatic heterocycles. The Kier molecular flexibility index (Phi) is 4.11. The average molecular weight is 257 g/mol. The van der Waals surface area contributed by atoms with E-state index >= 15 is 0 Å². The van der Waals surface area contributed by atoms with Gasteiger partial charge in [0.2, 0.25) is 0 Å². The van der Waals surface area contributed by atoms with Gasteiger partial charge in [0.15, 0.2) is 9.84 Å². The van der Waals surface area contributed by atoms with Gasteiger partial charge in [0, 0.05) is 5.69 Å². The highest BCUT2D eigenvalue weighted by Gasteiger charge is 2.18. The van der Waals surface area contributed by atoms with E-state index in [0.29, 0.717) is 5.69 Å². The Morgan fingerprint density at radius 3 is 2.18 bits per heavy atom. The van der Waals surface area contributed by atoms with Crippen LogP contribution in [0.15, 0.2) is 29.2 Å². The first-order valence-electron chi connectivity index (χ1n) is 5.07. The standard InChI is InChI=1S/C11H15NO4S/c1-8(2)17(14,15)10-6-4-9(5-7-10)12-11(13)16-3/h4-8H,1-3H3,(H,12,13). The minimum Gasteiger partial charge on any atom is -0.453 e. The molecule has 0 atom stereocenters. The zero-order valence-electron chi connectivity index (χ0n) is 9.93. The van der Waals surface area contributed by atoms with Crippen LogP contribution in [0.5, 0.6) is 0 Å². The van der Waals surface area contributed by atoms with Gasteiger partial charge in [-0.1, -0.05) is 0 Å². The smallest absolute Gasteiger partial charge is 0.411 e. The van der Waals surface area contributed by atoms with Crippen LogP contribution in [0.4, 0.5) is 10.5 Å². The molecular weight excluding hydrogens is 242 g/mol. The molecule has 0 saturated heterocycles.